The minimum atomic E-state index is -0.386. The molecular weight excluding hydrogens is 363 g/mol. The monoisotopic (exact) mass is 376 g/mol. The maximum absolute atomic E-state index is 12.1. The third-order valence-corrected chi connectivity index (χ3v) is 4.44. The Labute approximate surface area is 153 Å². The van der Waals surface area contributed by atoms with Crippen molar-refractivity contribution in [1.82, 2.24) is 19.9 Å². The number of nitrogens with zero attached hydrogens (tertiary/aromatic N) is 3. The summed E-state index contributed by atoms with van der Waals surface area (Å²) in [4.78, 5) is 27.4. The van der Waals surface area contributed by atoms with Gasteiger partial charge in [-0.3, -0.25) is 9.59 Å². The highest BCUT2D eigenvalue weighted by Crippen LogP contribution is 2.27. The number of ketones is 1. The number of aromatic nitrogens is 3. The lowest BCUT2D eigenvalue weighted by molar-refractivity contribution is -0.116. The zero-order chi connectivity index (χ0) is 18.0. The van der Waals surface area contributed by atoms with Gasteiger partial charge < -0.3 is 5.32 Å². The predicted octanol–water partition coefficient (Wildman–Crippen LogP) is 2.95. The fourth-order valence-electron chi connectivity index (χ4n) is 2.37. The number of fused-ring (bicyclic) bond motifs is 1. The largest absolute Gasteiger partial charge is 0.345 e. The van der Waals surface area contributed by atoms with Gasteiger partial charge in [-0.05, 0) is 24.1 Å². The molecule has 1 N–H and O–H groups in total. The minimum absolute atomic E-state index is 0.0263. The van der Waals surface area contributed by atoms with Gasteiger partial charge in [-0.15, -0.1) is 0 Å². The maximum atomic E-state index is 12.1. The Morgan fingerprint density at radius 1 is 1.24 bits per heavy atom. The van der Waals surface area contributed by atoms with E-state index < -0.39 is 0 Å². The van der Waals surface area contributed by atoms with Crippen molar-refractivity contribution in [3.8, 4) is 0 Å². The van der Waals surface area contributed by atoms with Crippen LogP contribution < -0.4 is 5.32 Å². The van der Waals surface area contributed by atoms with E-state index in [2.05, 4.69) is 15.4 Å². The van der Waals surface area contributed by atoms with Gasteiger partial charge in [0.2, 0.25) is 0 Å². The van der Waals surface area contributed by atoms with Crippen LogP contribution in [0.4, 0.5) is 0 Å². The second-order valence-corrected chi connectivity index (χ2v) is 6.35. The number of hydrogen-bond acceptors (Lipinski definition) is 4. The molecule has 3 rings (SSSR count). The molecule has 0 saturated heterocycles. The summed E-state index contributed by atoms with van der Waals surface area (Å²) >= 11 is 12.2. The van der Waals surface area contributed by atoms with Crippen LogP contribution in [0.1, 0.15) is 28.4 Å². The molecule has 2 aromatic heterocycles. The molecule has 0 aliphatic carbocycles. The molecule has 6 nitrogen and oxygen atoms in total. The molecule has 1 aromatic carbocycles. The van der Waals surface area contributed by atoms with Crippen molar-refractivity contribution >= 4 is 40.5 Å². The smallest absolute Gasteiger partial charge is 0.257 e. The molecule has 0 unspecified atom stereocenters. The van der Waals surface area contributed by atoms with E-state index in [-0.39, 0.29) is 18.2 Å². The first kappa shape index (κ1) is 17.4. The van der Waals surface area contributed by atoms with Crippen LogP contribution in [0.15, 0.2) is 36.8 Å². The van der Waals surface area contributed by atoms with E-state index in [1.54, 1.807) is 18.5 Å². The van der Waals surface area contributed by atoms with Gasteiger partial charge in [0.25, 0.3) is 5.91 Å². The predicted molar refractivity (Wildman–Crippen MR) is 95.3 cm³/mol. The molecule has 0 bridgehead atoms. The van der Waals surface area contributed by atoms with Crippen molar-refractivity contribution in [1.29, 1.82) is 0 Å². The van der Waals surface area contributed by atoms with E-state index in [1.807, 2.05) is 12.1 Å². The molecule has 0 radical (unpaired) electrons. The molecule has 1 amide bonds. The second-order valence-electron chi connectivity index (χ2n) is 5.56. The lowest BCUT2D eigenvalue weighted by atomic mass is 10.1. The van der Waals surface area contributed by atoms with E-state index in [9.17, 15) is 9.59 Å². The molecule has 0 spiro atoms. The number of benzene rings is 1. The molecule has 2 heterocycles. The normalized spacial score (nSPS) is 10.8. The van der Waals surface area contributed by atoms with Gasteiger partial charge in [0.15, 0.2) is 5.65 Å². The van der Waals surface area contributed by atoms with Crippen LogP contribution in [0.3, 0.4) is 0 Å². The summed E-state index contributed by atoms with van der Waals surface area (Å²) in [6.45, 7) is 1.38. The molecule has 0 aliphatic rings. The number of amides is 1. The van der Waals surface area contributed by atoms with Gasteiger partial charge in [0.05, 0.1) is 22.8 Å². The number of nitrogens with one attached hydrogen (secondary N) is 1. The van der Waals surface area contributed by atoms with Crippen molar-refractivity contribution in [3.63, 3.8) is 0 Å². The van der Waals surface area contributed by atoms with Gasteiger partial charge in [-0.2, -0.15) is 5.10 Å². The standard InChI is InChI=1S/C17H14Cl2N4O2/c1-10(24)6-21-17(25)13-8-22-23-9-11(7-20-16(13)23)5-12-3-2-4-14(18)15(12)19/h2-4,7-9H,5-6H2,1H3,(H,21,25). The van der Waals surface area contributed by atoms with E-state index in [4.69, 9.17) is 23.2 Å². The third-order valence-electron chi connectivity index (χ3n) is 3.58. The Balaban J connectivity index is 1.85. The Morgan fingerprint density at radius 3 is 2.80 bits per heavy atom. The molecule has 0 atom stereocenters. The molecule has 8 heteroatoms. The summed E-state index contributed by atoms with van der Waals surface area (Å²) in [5.74, 6) is -0.512. The average molecular weight is 377 g/mol. The summed E-state index contributed by atoms with van der Waals surface area (Å²) in [5, 5.41) is 7.69. The fraction of sp³-hybridized carbons (Fsp3) is 0.176. The van der Waals surface area contributed by atoms with Gasteiger partial charge >= 0.3 is 0 Å². The lowest BCUT2D eigenvalue weighted by Gasteiger charge is -2.06. The van der Waals surface area contributed by atoms with E-state index >= 15 is 0 Å². The Morgan fingerprint density at radius 2 is 2.04 bits per heavy atom. The van der Waals surface area contributed by atoms with Crippen LogP contribution in [0.2, 0.25) is 10.0 Å². The lowest BCUT2D eigenvalue weighted by Crippen LogP contribution is -2.28. The summed E-state index contributed by atoms with van der Waals surface area (Å²) < 4.78 is 1.52. The fourth-order valence-corrected chi connectivity index (χ4v) is 2.76. The second kappa shape index (κ2) is 7.21. The van der Waals surface area contributed by atoms with E-state index in [0.29, 0.717) is 27.7 Å². The number of carbonyl (C=O) groups excluding carboxylic acids is 2. The minimum Gasteiger partial charge on any atom is -0.345 e. The van der Waals surface area contributed by atoms with Gasteiger partial charge in [0.1, 0.15) is 11.3 Å². The van der Waals surface area contributed by atoms with Crippen LogP contribution in [-0.2, 0) is 11.2 Å². The quantitative estimate of drug-likeness (QED) is 0.742. The molecule has 0 saturated carbocycles. The zero-order valence-corrected chi connectivity index (χ0v) is 14.8. The summed E-state index contributed by atoms with van der Waals surface area (Å²) in [5.41, 5.74) is 2.48. The topological polar surface area (TPSA) is 76.4 Å². The third kappa shape index (κ3) is 3.81. The van der Waals surface area contributed by atoms with E-state index in [0.717, 1.165) is 11.1 Å². The highest BCUT2D eigenvalue weighted by Gasteiger charge is 2.15. The van der Waals surface area contributed by atoms with Gasteiger partial charge in [-0.25, -0.2) is 9.50 Å². The summed E-state index contributed by atoms with van der Waals surface area (Å²) in [7, 11) is 0. The number of halogens is 2. The number of hydrogen-bond donors (Lipinski definition) is 1. The van der Waals surface area contributed by atoms with Crippen LogP contribution in [0.5, 0.6) is 0 Å². The first-order chi connectivity index (χ1) is 12.0. The van der Waals surface area contributed by atoms with Crippen LogP contribution >= 0.6 is 23.2 Å². The highest BCUT2D eigenvalue weighted by atomic mass is 35.5. The van der Waals surface area contributed by atoms with Crippen LogP contribution in [0.25, 0.3) is 5.65 Å². The van der Waals surface area contributed by atoms with Crippen molar-refractivity contribution in [2.45, 2.75) is 13.3 Å². The Kier molecular flexibility index (Phi) is 5.01. The molecule has 25 heavy (non-hydrogen) atoms. The van der Waals surface area contributed by atoms with Crippen molar-refractivity contribution in [3.05, 3.63) is 63.5 Å². The van der Waals surface area contributed by atoms with E-state index in [1.165, 1.54) is 17.6 Å². The zero-order valence-electron chi connectivity index (χ0n) is 13.3. The first-order valence-electron chi connectivity index (χ1n) is 7.48. The van der Waals surface area contributed by atoms with Crippen molar-refractivity contribution in [2.75, 3.05) is 6.54 Å². The number of rotatable bonds is 5. The molecule has 0 fully saturated rings. The van der Waals surface area contributed by atoms with Crippen LogP contribution in [-0.4, -0.2) is 32.8 Å². The van der Waals surface area contributed by atoms with Gasteiger partial charge in [0, 0.05) is 18.8 Å². The van der Waals surface area contributed by atoms with Crippen LogP contribution in [0, 0.1) is 0 Å². The Bertz CT molecular complexity index is 968. The highest BCUT2D eigenvalue weighted by molar-refractivity contribution is 6.42. The molecule has 3 aromatic rings. The molecule has 0 aliphatic heterocycles. The molecule has 128 valence electrons. The number of carbonyl (C=O) groups is 2. The van der Waals surface area contributed by atoms with Crippen molar-refractivity contribution < 1.29 is 9.59 Å². The SMILES string of the molecule is CC(=O)CNC(=O)c1cnn2cc(Cc3cccc(Cl)c3Cl)cnc12. The number of Topliss-reactive ketones (excluding diaryl/α,β-unsaturated/α-hetero) is 1. The van der Waals surface area contributed by atoms with Crippen molar-refractivity contribution in [2.24, 2.45) is 0 Å². The summed E-state index contributed by atoms with van der Waals surface area (Å²) in [6.07, 6.45) is 5.40. The summed E-state index contributed by atoms with van der Waals surface area (Å²) in [6, 6.07) is 5.46. The van der Waals surface area contributed by atoms with Gasteiger partial charge in [-0.1, -0.05) is 35.3 Å². The molecular formula is C17H14Cl2N4O2. The maximum Gasteiger partial charge on any atom is 0.257 e. The Hall–Kier alpha value is -2.44. The average Bonchev–Trinajstić information content (AvgIpc) is 3.00. The first-order valence-corrected chi connectivity index (χ1v) is 8.24.